The van der Waals surface area contributed by atoms with Crippen LogP contribution in [0, 0.1) is 0 Å². The Kier molecular flexibility index (Phi) is 8.58. The fourth-order valence-electron chi connectivity index (χ4n) is 1.49. The van der Waals surface area contributed by atoms with Gasteiger partial charge in [0, 0.05) is 13.5 Å². The van der Waals surface area contributed by atoms with Crippen LogP contribution in [0.2, 0.25) is 0 Å². The maximum absolute atomic E-state index is 11.4. The predicted molar refractivity (Wildman–Crippen MR) is 63.0 cm³/mol. The number of carbonyl (C=O) groups is 2. The molecule has 1 amide bonds. The van der Waals surface area contributed by atoms with Crippen molar-refractivity contribution >= 4 is 11.9 Å². The van der Waals surface area contributed by atoms with Gasteiger partial charge in [-0.3, -0.25) is 9.59 Å². The van der Waals surface area contributed by atoms with Gasteiger partial charge in [0.2, 0.25) is 5.91 Å². The molecule has 0 aromatic rings. The molecule has 0 fully saturated rings. The van der Waals surface area contributed by atoms with Gasteiger partial charge in [-0.2, -0.15) is 0 Å². The van der Waals surface area contributed by atoms with Gasteiger partial charge < -0.3 is 10.1 Å². The first-order valence-electron chi connectivity index (χ1n) is 6.04. The first-order chi connectivity index (χ1) is 7.63. The number of amides is 1. The number of nitrogens with one attached hydrogen (secondary N) is 1. The van der Waals surface area contributed by atoms with E-state index in [1.165, 1.54) is 0 Å². The van der Waals surface area contributed by atoms with E-state index in [4.69, 9.17) is 4.74 Å². The van der Waals surface area contributed by atoms with Crippen molar-refractivity contribution in [2.45, 2.75) is 58.5 Å². The molecule has 0 saturated heterocycles. The van der Waals surface area contributed by atoms with E-state index < -0.39 is 0 Å². The van der Waals surface area contributed by atoms with Gasteiger partial charge in [-0.05, 0) is 12.8 Å². The maximum Gasteiger partial charge on any atom is 0.306 e. The molecule has 0 rings (SSSR count). The van der Waals surface area contributed by atoms with E-state index in [0.717, 1.165) is 25.7 Å². The minimum absolute atomic E-state index is 0.0205. The lowest BCUT2D eigenvalue weighted by Crippen LogP contribution is -2.22. The molecule has 94 valence electrons. The molecule has 0 aromatic carbocycles. The molecule has 0 bridgehead atoms. The monoisotopic (exact) mass is 229 g/mol. The second-order valence-corrected chi connectivity index (χ2v) is 3.86. The lowest BCUT2D eigenvalue weighted by Gasteiger charge is -2.16. The zero-order valence-electron chi connectivity index (χ0n) is 10.5. The van der Waals surface area contributed by atoms with E-state index in [1.54, 1.807) is 7.05 Å². The quantitative estimate of drug-likeness (QED) is 0.648. The fourth-order valence-corrected chi connectivity index (χ4v) is 1.49. The summed E-state index contributed by atoms with van der Waals surface area (Å²) in [5.74, 6) is -0.394. The highest BCUT2D eigenvalue weighted by Gasteiger charge is 2.13. The molecule has 0 aliphatic carbocycles. The van der Waals surface area contributed by atoms with Crippen molar-refractivity contribution in [3.63, 3.8) is 0 Å². The van der Waals surface area contributed by atoms with E-state index in [9.17, 15) is 9.59 Å². The molecule has 0 saturated carbocycles. The Morgan fingerprint density at radius 1 is 1.12 bits per heavy atom. The molecule has 0 radical (unpaired) electrons. The molecule has 0 aliphatic rings. The van der Waals surface area contributed by atoms with Crippen molar-refractivity contribution < 1.29 is 14.3 Å². The Morgan fingerprint density at radius 3 is 2.12 bits per heavy atom. The van der Waals surface area contributed by atoms with Crippen molar-refractivity contribution in [3.05, 3.63) is 0 Å². The van der Waals surface area contributed by atoms with Gasteiger partial charge in [0.15, 0.2) is 0 Å². The minimum atomic E-state index is -0.268. The molecule has 0 unspecified atom stereocenters. The highest BCUT2D eigenvalue weighted by Crippen LogP contribution is 2.10. The average Bonchev–Trinajstić information content (AvgIpc) is 2.26. The standard InChI is InChI=1S/C12H23NO3/c1-4-6-10(7-5-2)16-12(15)9-8-11(14)13-3/h10H,4-9H2,1-3H3,(H,13,14). The second kappa shape index (κ2) is 9.19. The van der Waals surface area contributed by atoms with Crippen molar-refractivity contribution in [2.75, 3.05) is 7.05 Å². The van der Waals surface area contributed by atoms with Crippen LogP contribution in [-0.4, -0.2) is 25.0 Å². The van der Waals surface area contributed by atoms with Crippen LogP contribution < -0.4 is 5.32 Å². The highest BCUT2D eigenvalue weighted by atomic mass is 16.5. The zero-order chi connectivity index (χ0) is 12.4. The first kappa shape index (κ1) is 14.9. The Bertz CT molecular complexity index is 210. The summed E-state index contributed by atoms with van der Waals surface area (Å²) in [6.45, 7) is 4.14. The predicted octanol–water partition coefficient (Wildman–Crippen LogP) is 2.02. The van der Waals surface area contributed by atoms with Crippen molar-refractivity contribution in [3.8, 4) is 0 Å². The van der Waals surface area contributed by atoms with Crippen molar-refractivity contribution in [1.29, 1.82) is 0 Å². The van der Waals surface area contributed by atoms with Crippen LogP contribution in [0.15, 0.2) is 0 Å². The summed E-state index contributed by atoms with van der Waals surface area (Å²) in [6.07, 6.45) is 4.22. The molecule has 1 N–H and O–H groups in total. The van der Waals surface area contributed by atoms with Gasteiger partial charge in [-0.1, -0.05) is 26.7 Å². The van der Waals surface area contributed by atoms with Crippen molar-refractivity contribution in [1.82, 2.24) is 5.32 Å². The number of carbonyl (C=O) groups excluding carboxylic acids is 2. The van der Waals surface area contributed by atoms with E-state index in [2.05, 4.69) is 19.2 Å². The van der Waals surface area contributed by atoms with Crippen LogP contribution in [0.1, 0.15) is 52.4 Å². The van der Waals surface area contributed by atoms with E-state index in [1.807, 2.05) is 0 Å². The second-order valence-electron chi connectivity index (χ2n) is 3.86. The summed E-state index contributed by atoms with van der Waals surface area (Å²) < 4.78 is 5.31. The molecule has 4 heteroatoms. The number of esters is 1. The number of hydrogen-bond donors (Lipinski definition) is 1. The Balaban J connectivity index is 3.85. The van der Waals surface area contributed by atoms with Crippen LogP contribution in [0.25, 0.3) is 0 Å². The summed E-state index contributed by atoms with van der Waals surface area (Å²) >= 11 is 0. The van der Waals surface area contributed by atoms with Crippen LogP contribution in [-0.2, 0) is 14.3 Å². The third-order valence-corrected chi connectivity index (χ3v) is 2.35. The summed E-state index contributed by atoms with van der Waals surface area (Å²) in [5, 5.41) is 2.48. The Labute approximate surface area is 97.7 Å². The van der Waals surface area contributed by atoms with E-state index in [-0.39, 0.29) is 30.8 Å². The average molecular weight is 229 g/mol. The first-order valence-corrected chi connectivity index (χ1v) is 6.04. The van der Waals surface area contributed by atoms with Crippen LogP contribution >= 0.6 is 0 Å². The van der Waals surface area contributed by atoms with Gasteiger partial charge in [0.1, 0.15) is 6.10 Å². The maximum atomic E-state index is 11.4. The molecular formula is C12H23NO3. The zero-order valence-corrected chi connectivity index (χ0v) is 10.5. The lowest BCUT2D eigenvalue weighted by atomic mass is 10.1. The molecule has 0 spiro atoms. The summed E-state index contributed by atoms with van der Waals surface area (Å²) in [6, 6.07) is 0. The lowest BCUT2D eigenvalue weighted by molar-refractivity contribution is -0.150. The molecular weight excluding hydrogens is 206 g/mol. The van der Waals surface area contributed by atoms with Gasteiger partial charge in [0.25, 0.3) is 0 Å². The summed E-state index contributed by atoms with van der Waals surface area (Å²) in [5.41, 5.74) is 0. The molecule has 0 heterocycles. The molecule has 4 nitrogen and oxygen atoms in total. The highest BCUT2D eigenvalue weighted by molar-refractivity contribution is 5.81. The third kappa shape index (κ3) is 7.26. The smallest absolute Gasteiger partial charge is 0.306 e. The molecule has 0 aromatic heterocycles. The van der Waals surface area contributed by atoms with Gasteiger partial charge in [-0.15, -0.1) is 0 Å². The minimum Gasteiger partial charge on any atom is -0.462 e. The van der Waals surface area contributed by atoms with Crippen LogP contribution in [0.5, 0.6) is 0 Å². The molecule has 16 heavy (non-hydrogen) atoms. The SMILES string of the molecule is CCCC(CCC)OC(=O)CCC(=O)NC. The largest absolute Gasteiger partial charge is 0.462 e. The van der Waals surface area contributed by atoms with Crippen LogP contribution in [0.4, 0.5) is 0 Å². The number of hydrogen-bond acceptors (Lipinski definition) is 3. The van der Waals surface area contributed by atoms with Gasteiger partial charge in [0.05, 0.1) is 6.42 Å². The third-order valence-electron chi connectivity index (χ3n) is 2.35. The summed E-state index contributed by atoms with van der Waals surface area (Å²) in [7, 11) is 1.56. The number of rotatable bonds is 8. The number of ether oxygens (including phenoxy) is 1. The fraction of sp³-hybridized carbons (Fsp3) is 0.833. The van der Waals surface area contributed by atoms with Crippen LogP contribution in [0.3, 0.4) is 0 Å². The van der Waals surface area contributed by atoms with Crippen molar-refractivity contribution in [2.24, 2.45) is 0 Å². The molecule has 0 atom stereocenters. The van der Waals surface area contributed by atoms with Gasteiger partial charge in [-0.25, -0.2) is 0 Å². The normalized spacial score (nSPS) is 10.2. The molecule has 0 aliphatic heterocycles. The Morgan fingerprint density at radius 2 is 1.69 bits per heavy atom. The Hall–Kier alpha value is -1.06. The summed E-state index contributed by atoms with van der Waals surface area (Å²) in [4.78, 5) is 22.4. The topological polar surface area (TPSA) is 55.4 Å². The van der Waals surface area contributed by atoms with Gasteiger partial charge >= 0.3 is 5.97 Å². The van der Waals surface area contributed by atoms with E-state index in [0.29, 0.717) is 0 Å². The van der Waals surface area contributed by atoms with E-state index >= 15 is 0 Å².